The fourth-order valence-electron chi connectivity index (χ4n) is 1.25. The van der Waals surface area contributed by atoms with Gasteiger partial charge in [-0.1, -0.05) is 6.07 Å². The number of nitrogens with one attached hydrogen (secondary N) is 1. The molecule has 19 heavy (non-hydrogen) atoms. The van der Waals surface area contributed by atoms with Gasteiger partial charge < -0.3 is 5.73 Å². The van der Waals surface area contributed by atoms with Crippen LogP contribution >= 0.6 is 34.4 Å². The van der Waals surface area contributed by atoms with Crippen LogP contribution in [0.25, 0.3) is 0 Å². The van der Waals surface area contributed by atoms with Crippen molar-refractivity contribution in [3.05, 3.63) is 33.5 Å². The largest absolute Gasteiger partial charge is 0.369 e. The molecule has 8 heteroatoms. The standard InChI is InChI=1S/C11H11N3O2S3/c12-9(15)6-17-4-7-5-19-11(13-7)14-10(16)8-2-1-3-18-8/h1-3,5H,4,6H2,(H2,12,15)(H,13,14,16). The third-order valence-electron chi connectivity index (χ3n) is 2.01. The van der Waals surface area contributed by atoms with Gasteiger partial charge in [-0.3, -0.25) is 14.9 Å². The molecule has 0 saturated heterocycles. The van der Waals surface area contributed by atoms with Crippen molar-refractivity contribution in [3.8, 4) is 0 Å². The fraction of sp³-hybridized carbons (Fsp3) is 0.182. The van der Waals surface area contributed by atoms with E-state index in [1.54, 1.807) is 6.07 Å². The molecule has 0 fully saturated rings. The summed E-state index contributed by atoms with van der Waals surface area (Å²) in [5.41, 5.74) is 5.88. The molecule has 2 aromatic rings. The molecule has 0 aliphatic rings. The quantitative estimate of drug-likeness (QED) is 0.856. The highest BCUT2D eigenvalue weighted by atomic mass is 32.2. The predicted molar refractivity (Wildman–Crippen MR) is 79.7 cm³/mol. The topological polar surface area (TPSA) is 85.1 Å². The first-order chi connectivity index (χ1) is 9.15. The van der Waals surface area contributed by atoms with E-state index in [9.17, 15) is 9.59 Å². The average molecular weight is 313 g/mol. The molecule has 0 spiro atoms. The van der Waals surface area contributed by atoms with Crippen molar-refractivity contribution in [1.29, 1.82) is 0 Å². The summed E-state index contributed by atoms with van der Waals surface area (Å²) in [4.78, 5) is 27.3. The fourth-order valence-corrected chi connectivity index (χ4v) is 3.34. The highest BCUT2D eigenvalue weighted by molar-refractivity contribution is 7.99. The van der Waals surface area contributed by atoms with Crippen molar-refractivity contribution in [2.45, 2.75) is 5.75 Å². The zero-order valence-corrected chi connectivity index (χ0v) is 12.2. The zero-order chi connectivity index (χ0) is 13.7. The van der Waals surface area contributed by atoms with E-state index in [1.165, 1.54) is 34.4 Å². The van der Waals surface area contributed by atoms with Crippen LogP contribution in [0.3, 0.4) is 0 Å². The van der Waals surface area contributed by atoms with Gasteiger partial charge in [0, 0.05) is 11.1 Å². The van der Waals surface area contributed by atoms with E-state index >= 15 is 0 Å². The molecule has 0 radical (unpaired) electrons. The molecule has 0 aliphatic carbocycles. The summed E-state index contributed by atoms with van der Waals surface area (Å²) < 4.78 is 0. The monoisotopic (exact) mass is 313 g/mol. The van der Waals surface area contributed by atoms with Gasteiger partial charge in [-0.05, 0) is 11.4 Å². The number of hydrogen-bond donors (Lipinski definition) is 2. The minimum atomic E-state index is -0.341. The number of aromatic nitrogens is 1. The summed E-state index contributed by atoms with van der Waals surface area (Å²) in [6, 6.07) is 3.59. The Balaban J connectivity index is 1.87. The Morgan fingerprint density at radius 1 is 1.42 bits per heavy atom. The number of anilines is 1. The molecule has 0 saturated carbocycles. The number of primary amides is 1. The Bertz CT molecular complexity index is 566. The lowest BCUT2D eigenvalue weighted by molar-refractivity contribution is -0.115. The second-order valence-corrected chi connectivity index (χ2v) is 6.33. The number of carbonyl (C=O) groups excluding carboxylic acids is 2. The van der Waals surface area contributed by atoms with Gasteiger partial charge in [0.2, 0.25) is 5.91 Å². The summed E-state index contributed by atoms with van der Waals surface area (Å²) in [5.74, 6) is 0.384. The average Bonchev–Trinajstić information content (AvgIpc) is 2.99. The van der Waals surface area contributed by atoms with Gasteiger partial charge >= 0.3 is 0 Å². The predicted octanol–water partition coefficient (Wildman–Crippen LogP) is 2.18. The molecule has 100 valence electrons. The first-order valence-corrected chi connectivity index (χ1v) is 8.22. The minimum absolute atomic E-state index is 0.152. The normalized spacial score (nSPS) is 10.3. The first-order valence-electron chi connectivity index (χ1n) is 5.30. The number of rotatable bonds is 6. The van der Waals surface area contributed by atoms with Gasteiger partial charge in [-0.15, -0.1) is 34.4 Å². The molecule has 2 rings (SSSR count). The lowest BCUT2D eigenvalue weighted by Crippen LogP contribution is -2.13. The third-order valence-corrected chi connectivity index (χ3v) is 4.68. The van der Waals surface area contributed by atoms with Crippen LogP contribution in [-0.2, 0) is 10.5 Å². The zero-order valence-electron chi connectivity index (χ0n) is 9.79. The summed E-state index contributed by atoms with van der Waals surface area (Å²) in [5, 5.41) is 7.01. The Hall–Kier alpha value is -1.38. The van der Waals surface area contributed by atoms with Crippen LogP contribution in [0, 0.1) is 0 Å². The van der Waals surface area contributed by atoms with Crippen LogP contribution < -0.4 is 11.1 Å². The lowest BCUT2D eigenvalue weighted by atomic mass is 10.4. The van der Waals surface area contributed by atoms with Crippen molar-refractivity contribution in [3.63, 3.8) is 0 Å². The van der Waals surface area contributed by atoms with E-state index in [0.29, 0.717) is 15.8 Å². The van der Waals surface area contributed by atoms with E-state index in [1.807, 2.05) is 16.8 Å². The summed E-state index contributed by atoms with van der Waals surface area (Å²) in [6.07, 6.45) is 0. The number of hydrogen-bond acceptors (Lipinski definition) is 6. The smallest absolute Gasteiger partial charge is 0.267 e. The molecule has 3 N–H and O–H groups in total. The molecule has 2 aromatic heterocycles. The van der Waals surface area contributed by atoms with Gasteiger partial charge in [0.25, 0.3) is 5.91 Å². The van der Waals surface area contributed by atoms with E-state index in [-0.39, 0.29) is 17.6 Å². The minimum Gasteiger partial charge on any atom is -0.369 e. The highest BCUT2D eigenvalue weighted by Gasteiger charge is 2.09. The first kappa shape index (κ1) is 14.0. The van der Waals surface area contributed by atoms with E-state index in [4.69, 9.17) is 5.73 Å². The summed E-state index contributed by atoms with van der Waals surface area (Å²) >= 11 is 4.15. The lowest BCUT2D eigenvalue weighted by Gasteiger charge is -1.98. The Kier molecular flexibility index (Phi) is 4.94. The van der Waals surface area contributed by atoms with E-state index in [0.717, 1.165) is 5.69 Å². The molecule has 0 atom stereocenters. The second kappa shape index (κ2) is 6.69. The van der Waals surface area contributed by atoms with Crippen molar-refractivity contribution in [2.24, 2.45) is 5.73 Å². The van der Waals surface area contributed by atoms with E-state index in [2.05, 4.69) is 10.3 Å². The Labute approximate surface area is 122 Å². The third kappa shape index (κ3) is 4.34. The van der Waals surface area contributed by atoms with Gasteiger partial charge in [-0.25, -0.2) is 4.98 Å². The Morgan fingerprint density at radius 2 is 2.26 bits per heavy atom. The summed E-state index contributed by atoms with van der Waals surface area (Å²) in [7, 11) is 0. The van der Waals surface area contributed by atoms with Crippen molar-refractivity contribution in [2.75, 3.05) is 11.1 Å². The van der Waals surface area contributed by atoms with Crippen LogP contribution in [0.4, 0.5) is 5.13 Å². The van der Waals surface area contributed by atoms with E-state index < -0.39 is 0 Å². The van der Waals surface area contributed by atoms with Gasteiger partial charge in [-0.2, -0.15) is 0 Å². The number of nitrogens with two attached hydrogens (primary N) is 1. The van der Waals surface area contributed by atoms with Gasteiger partial charge in [0.1, 0.15) is 0 Å². The SMILES string of the molecule is NC(=O)CSCc1csc(NC(=O)c2cccs2)n1. The number of amides is 2. The maximum atomic E-state index is 11.8. The maximum absolute atomic E-state index is 11.8. The van der Waals surface area contributed by atoms with Crippen LogP contribution in [0.15, 0.2) is 22.9 Å². The maximum Gasteiger partial charge on any atom is 0.267 e. The molecule has 0 unspecified atom stereocenters. The van der Waals surface area contributed by atoms with Crippen molar-refractivity contribution >= 4 is 51.4 Å². The molecule has 0 bridgehead atoms. The van der Waals surface area contributed by atoms with Crippen LogP contribution in [0.2, 0.25) is 0 Å². The molecular weight excluding hydrogens is 302 g/mol. The number of thiophene rings is 1. The summed E-state index contributed by atoms with van der Waals surface area (Å²) in [6.45, 7) is 0. The van der Waals surface area contributed by atoms with Gasteiger partial charge in [0.15, 0.2) is 5.13 Å². The van der Waals surface area contributed by atoms with Crippen molar-refractivity contribution in [1.82, 2.24) is 4.98 Å². The molecule has 0 aliphatic heterocycles. The molecule has 0 aromatic carbocycles. The molecule has 2 amide bonds. The molecular formula is C11H11N3O2S3. The van der Waals surface area contributed by atoms with Crippen LogP contribution in [0.1, 0.15) is 15.4 Å². The number of carbonyl (C=O) groups is 2. The number of nitrogens with zero attached hydrogens (tertiary/aromatic N) is 1. The highest BCUT2D eigenvalue weighted by Crippen LogP contribution is 2.20. The molecule has 5 nitrogen and oxygen atoms in total. The second-order valence-electron chi connectivity index (χ2n) is 3.53. The van der Waals surface area contributed by atoms with Crippen LogP contribution in [0.5, 0.6) is 0 Å². The molecule has 2 heterocycles. The van der Waals surface area contributed by atoms with Crippen LogP contribution in [-0.4, -0.2) is 22.6 Å². The number of thiazole rings is 1. The van der Waals surface area contributed by atoms with Gasteiger partial charge in [0.05, 0.1) is 16.3 Å². The number of thioether (sulfide) groups is 1. The Morgan fingerprint density at radius 3 is 2.95 bits per heavy atom. The van der Waals surface area contributed by atoms with Crippen molar-refractivity contribution < 1.29 is 9.59 Å².